The third-order valence-corrected chi connectivity index (χ3v) is 6.51. The van der Waals surface area contributed by atoms with Gasteiger partial charge in [-0.15, -0.1) is 0 Å². The van der Waals surface area contributed by atoms with E-state index < -0.39 is 17.9 Å². The van der Waals surface area contributed by atoms with E-state index in [1.807, 2.05) is 0 Å². The molecule has 2 aromatic rings. The van der Waals surface area contributed by atoms with Gasteiger partial charge >= 0.3 is 6.03 Å². The van der Waals surface area contributed by atoms with Crippen LogP contribution in [-0.4, -0.2) is 51.8 Å². The minimum absolute atomic E-state index is 0.0377. The maximum Gasteiger partial charge on any atom is 0.317 e. The van der Waals surface area contributed by atoms with Crippen molar-refractivity contribution >= 4 is 28.5 Å². The number of aromatic amines is 1. The third-order valence-electron chi connectivity index (χ3n) is 6.30. The summed E-state index contributed by atoms with van der Waals surface area (Å²) in [6, 6.07) is 2.77. The van der Waals surface area contributed by atoms with Crippen LogP contribution in [0.25, 0.3) is 10.9 Å². The molecule has 9 heteroatoms. The van der Waals surface area contributed by atoms with Gasteiger partial charge in [0.25, 0.3) is 5.92 Å². The lowest BCUT2D eigenvalue weighted by atomic mass is 9.84. The standard InChI is InChI=1S/C20H25ClF2N4O2/c21-15-8-13-11-25-26-17(13)16(9-15)18(28)20(22,23)14-4-6-27(7-5-14)19(29)24-10-12-2-1-3-12/h8-9,11-12,14,18,28H,1-7,10H2,(H,24,29)(H,25,26). The second kappa shape index (κ2) is 8.07. The Morgan fingerprint density at radius 3 is 2.72 bits per heavy atom. The Morgan fingerprint density at radius 2 is 2.07 bits per heavy atom. The average Bonchev–Trinajstić information content (AvgIpc) is 3.13. The van der Waals surface area contributed by atoms with Gasteiger partial charge in [0.15, 0.2) is 0 Å². The normalized spacial score (nSPS) is 19.9. The maximum absolute atomic E-state index is 15.1. The number of rotatable bonds is 5. The minimum atomic E-state index is -3.35. The number of halogens is 3. The zero-order valence-electron chi connectivity index (χ0n) is 16.0. The molecule has 6 nitrogen and oxygen atoms in total. The van der Waals surface area contributed by atoms with Gasteiger partial charge in [0.2, 0.25) is 0 Å². The predicted molar refractivity (Wildman–Crippen MR) is 106 cm³/mol. The molecule has 2 fully saturated rings. The number of urea groups is 1. The summed E-state index contributed by atoms with van der Waals surface area (Å²) in [5.41, 5.74) is 0.394. The molecule has 2 aliphatic rings. The van der Waals surface area contributed by atoms with E-state index >= 15 is 8.78 Å². The van der Waals surface area contributed by atoms with Crippen molar-refractivity contribution in [1.29, 1.82) is 0 Å². The lowest BCUT2D eigenvalue weighted by Gasteiger charge is -2.38. The Balaban J connectivity index is 1.40. The van der Waals surface area contributed by atoms with E-state index in [9.17, 15) is 9.90 Å². The van der Waals surface area contributed by atoms with Gasteiger partial charge in [-0.1, -0.05) is 18.0 Å². The number of alkyl halides is 2. The Hall–Kier alpha value is -1.93. The predicted octanol–water partition coefficient (Wildman–Crippen LogP) is 4.11. The van der Waals surface area contributed by atoms with Gasteiger partial charge in [-0.05, 0) is 43.7 Å². The number of piperidine rings is 1. The van der Waals surface area contributed by atoms with Crippen molar-refractivity contribution in [3.63, 3.8) is 0 Å². The molecule has 1 saturated heterocycles. The summed E-state index contributed by atoms with van der Waals surface area (Å²) < 4.78 is 30.3. The first-order valence-corrected chi connectivity index (χ1v) is 10.4. The van der Waals surface area contributed by atoms with E-state index in [0.29, 0.717) is 23.4 Å². The molecule has 1 aliphatic heterocycles. The number of aliphatic hydroxyl groups excluding tert-OH is 1. The molecule has 29 heavy (non-hydrogen) atoms. The first-order valence-electron chi connectivity index (χ1n) is 10.1. The Kier molecular flexibility index (Phi) is 5.66. The smallest absolute Gasteiger partial charge is 0.317 e. The highest BCUT2D eigenvalue weighted by Crippen LogP contribution is 2.44. The van der Waals surface area contributed by atoms with E-state index in [1.54, 1.807) is 11.0 Å². The van der Waals surface area contributed by atoms with Crippen molar-refractivity contribution in [1.82, 2.24) is 20.4 Å². The van der Waals surface area contributed by atoms with Crippen molar-refractivity contribution in [3.8, 4) is 0 Å². The molecule has 1 atom stereocenters. The summed E-state index contributed by atoms with van der Waals surface area (Å²) in [5.74, 6) is -3.82. The summed E-state index contributed by atoms with van der Waals surface area (Å²) in [4.78, 5) is 13.8. The van der Waals surface area contributed by atoms with E-state index in [-0.39, 0.29) is 42.5 Å². The highest BCUT2D eigenvalue weighted by atomic mass is 35.5. The van der Waals surface area contributed by atoms with Crippen LogP contribution in [0.5, 0.6) is 0 Å². The van der Waals surface area contributed by atoms with Crippen LogP contribution in [0, 0.1) is 11.8 Å². The molecular weight excluding hydrogens is 402 g/mol. The molecule has 1 aromatic carbocycles. The van der Waals surface area contributed by atoms with Crippen LogP contribution >= 0.6 is 11.6 Å². The van der Waals surface area contributed by atoms with Gasteiger partial charge in [0, 0.05) is 41.5 Å². The zero-order valence-corrected chi connectivity index (χ0v) is 16.8. The number of aliphatic hydroxyl groups is 1. The topological polar surface area (TPSA) is 81.2 Å². The van der Waals surface area contributed by atoms with Gasteiger partial charge in [-0.25, -0.2) is 13.6 Å². The molecule has 4 rings (SSSR count). The molecule has 2 amide bonds. The zero-order chi connectivity index (χ0) is 20.6. The number of hydrogen-bond donors (Lipinski definition) is 3. The van der Waals surface area contributed by atoms with Crippen LogP contribution in [0.2, 0.25) is 5.02 Å². The summed E-state index contributed by atoms with van der Waals surface area (Å²) >= 11 is 6.03. The Bertz CT molecular complexity index is 878. The lowest BCUT2D eigenvalue weighted by molar-refractivity contribution is -0.159. The van der Waals surface area contributed by atoms with Crippen LogP contribution in [-0.2, 0) is 0 Å². The minimum Gasteiger partial charge on any atom is -0.382 e. The molecule has 0 spiro atoms. The fourth-order valence-electron chi connectivity index (χ4n) is 4.20. The summed E-state index contributed by atoms with van der Waals surface area (Å²) in [6.07, 6.45) is 3.23. The number of nitrogens with one attached hydrogen (secondary N) is 2. The Morgan fingerprint density at radius 1 is 1.34 bits per heavy atom. The van der Waals surface area contributed by atoms with Crippen LogP contribution in [0.3, 0.4) is 0 Å². The molecule has 1 unspecified atom stereocenters. The molecule has 0 radical (unpaired) electrons. The molecule has 3 N–H and O–H groups in total. The van der Waals surface area contributed by atoms with Gasteiger partial charge in [-0.3, -0.25) is 5.10 Å². The number of likely N-dealkylation sites (tertiary alicyclic amines) is 1. The fourth-order valence-corrected chi connectivity index (χ4v) is 4.44. The lowest BCUT2D eigenvalue weighted by Crippen LogP contribution is -2.49. The van der Waals surface area contributed by atoms with Gasteiger partial charge in [-0.2, -0.15) is 5.10 Å². The number of hydrogen-bond acceptors (Lipinski definition) is 3. The van der Waals surface area contributed by atoms with Crippen LogP contribution in [0.15, 0.2) is 18.3 Å². The van der Waals surface area contributed by atoms with Crippen molar-refractivity contribution in [3.05, 3.63) is 28.9 Å². The monoisotopic (exact) mass is 426 g/mol. The van der Waals surface area contributed by atoms with E-state index in [0.717, 1.165) is 12.8 Å². The first-order chi connectivity index (χ1) is 13.9. The second-order valence-electron chi connectivity index (χ2n) is 8.15. The van der Waals surface area contributed by atoms with E-state index in [4.69, 9.17) is 11.6 Å². The first kappa shape index (κ1) is 20.3. The van der Waals surface area contributed by atoms with Crippen molar-refractivity contribution in [2.45, 2.75) is 44.1 Å². The number of amides is 2. The van der Waals surface area contributed by atoms with Crippen molar-refractivity contribution in [2.24, 2.45) is 11.8 Å². The second-order valence-corrected chi connectivity index (χ2v) is 8.59. The third kappa shape index (κ3) is 4.05. The van der Waals surface area contributed by atoms with Gasteiger partial charge < -0.3 is 15.3 Å². The molecular formula is C20H25ClF2N4O2. The fraction of sp³-hybridized carbons (Fsp3) is 0.600. The number of H-pyrrole nitrogens is 1. The molecule has 0 bridgehead atoms. The molecule has 1 aliphatic carbocycles. The van der Waals surface area contributed by atoms with E-state index in [2.05, 4.69) is 15.5 Å². The van der Waals surface area contributed by atoms with Crippen LogP contribution < -0.4 is 5.32 Å². The quantitative estimate of drug-likeness (QED) is 0.673. The highest BCUT2D eigenvalue weighted by Gasteiger charge is 2.48. The van der Waals surface area contributed by atoms with Gasteiger partial charge in [0.05, 0.1) is 11.7 Å². The maximum atomic E-state index is 15.1. The number of fused-ring (bicyclic) bond motifs is 1. The number of nitrogens with zero attached hydrogens (tertiary/aromatic N) is 2. The van der Waals surface area contributed by atoms with Crippen LogP contribution in [0.4, 0.5) is 13.6 Å². The van der Waals surface area contributed by atoms with E-state index in [1.165, 1.54) is 18.7 Å². The summed E-state index contributed by atoms with van der Waals surface area (Å²) in [5, 5.41) is 20.8. The number of carbonyl (C=O) groups excluding carboxylic acids is 1. The van der Waals surface area contributed by atoms with Crippen LogP contribution in [0.1, 0.15) is 43.8 Å². The number of aromatic nitrogens is 2. The largest absolute Gasteiger partial charge is 0.382 e. The summed E-state index contributed by atoms with van der Waals surface area (Å²) in [7, 11) is 0. The summed E-state index contributed by atoms with van der Waals surface area (Å²) in [6.45, 7) is 1.15. The average molecular weight is 427 g/mol. The SMILES string of the molecule is O=C(NCC1CCC1)N1CCC(C(F)(F)C(O)c2cc(Cl)cc3cn[nH]c23)CC1. The molecule has 2 heterocycles. The highest BCUT2D eigenvalue weighted by molar-refractivity contribution is 6.31. The number of carbonyl (C=O) groups is 1. The molecule has 1 aromatic heterocycles. The molecule has 158 valence electrons. The number of benzene rings is 1. The van der Waals surface area contributed by atoms with Crippen molar-refractivity contribution in [2.75, 3.05) is 19.6 Å². The molecule has 1 saturated carbocycles. The van der Waals surface area contributed by atoms with Gasteiger partial charge in [0.1, 0.15) is 6.10 Å². The van der Waals surface area contributed by atoms with Crippen molar-refractivity contribution < 1.29 is 18.7 Å². The Labute approximate surface area is 172 Å².